The Bertz CT molecular complexity index is 311. The SMILES string of the molecule is O=C1[C@H]2CCCC[C@@H]2N=C2CCCCN12. The molecule has 2 heterocycles. The highest BCUT2D eigenvalue weighted by atomic mass is 16.2. The summed E-state index contributed by atoms with van der Waals surface area (Å²) in [6.07, 6.45) is 8.05. The van der Waals surface area contributed by atoms with Crippen molar-refractivity contribution in [3.8, 4) is 0 Å². The average Bonchev–Trinajstić information content (AvgIpc) is 2.30. The lowest BCUT2D eigenvalue weighted by Gasteiger charge is -2.40. The third-order valence-corrected chi connectivity index (χ3v) is 3.97. The molecule has 1 aliphatic carbocycles. The number of fused-ring (bicyclic) bond motifs is 2. The largest absolute Gasteiger partial charge is 0.300 e. The van der Waals surface area contributed by atoms with E-state index in [-0.39, 0.29) is 5.92 Å². The Morgan fingerprint density at radius 3 is 2.93 bits per heavy atom. The Hall–Kier alpha value is -0.860. The predicted molar refractivity (Wildman–Crippen MR) is 58.7 cm³/mol. The van der Waals surface area contributed by atoms with Crippen molar-refractivity contribution in [1.29, 1.82) is 0 Å². The van der Waals surface area contributed by atoms with Gasteiger partial charge in [0, 0.05) is 13.0 Å². The number of hydrogen-bond acceptors (Lipinski definition) is 2. The Balaban J connectivity index is 1.90. The summed E-state index contributed by atoms with van der Waals surface area (Å²) < 4.78 is 0. The molecule has 1 amide bonds. The van der Waals surface area contributed by atoms with Crippen LogP contribution in [0.2, 0.25) is 0 Å². The molecule has 3 nitrogen and oxygen atoms in total. The van der Waals surface area contributed by atoms with E-state index in [1.807, 2.05) is 4.90 Å². The van der Waals surface area contributed by atoms with Gasteiger partial charge in [-0.2, -0.15) is 0 Å². The van der Waals surface area contributed by atoms with Crippen molar-refractivity contribution in [3.63, 3.8) is 0 Å². The molecular formula is C12H18N2O. The van der Waals surface area contributed by atoms with Crippen LogP contribution in [-0.4, -0.2) is 29.2 Å². The minimum atomic E-state index is 0.223. The second kappa shape index (κ2) is 3.62. The Morgan fingerprint density at radius 1 is 1.13 bits per heavy atom. The topological polar surface area (TPSA) is 32.7 Å². The summed E-state index contributed by atoms with van der Waals surface area (Å²) in [5.74, 6) is 1.69. The van der Waals surface area contributed by atoms with Crippen LogP contribution in [0.15, 0.2) is 4.99 Å². The summed E-state index contributed by atoms with van der Waals surface area (Å²) in [5.41, 5.74) is 0. The van der Waals surface area contributed by atoms with Gasteiger partial charge in [-0.15, -0.1) is 0 Å². The monoisotopic (exact) mass is 206 g/mol. The number of carbonyl (C=O) groups is 1. The Kier molecular flexibility index (Phi) is 2.26. The molecule has 0 N–H and O–H groups in total. The molecule has 0 aromatic rings. The third kappa shape index (κ3) is 1.48. The normalized spacial score (nSPS) is 35.6. The molecule has 0 aromatic heterocycles. The van der Waals surface area contributed by atoms with Crippen LogP contribution in [-0.2, 0) is 4.79 Å². The molecule has 1 saturated heterocycles. The molecule has 1 saturated carbocycles. The number of aliphatic imine (C=N–C) groups is 1. The number of piperidine rings is 1. The molecule has 2 atom stereocenters. The molecule has 0 bridgehead atoms. The average molecular weight is 206 g/mol. The summed E-state index contributed by atoms with van der Waals surface area (Å²) in [6.45, 7) is 0.918. The number of hydrogen-bond donors (Lipinski definition) is 0. The molecule has 3 heteroatoms. The van der Waals surface area contributed by atoms with Crippen LogP contribution in [0.3, 0.4) is 0 Å². The van der Waals surface area contributed by atoms with Crippen molar-refractivity contribution in [2.24, 2.45) is 10.9 Å². The van der Waals surface area contributed by atoms with Crippen LogP contribution >= 0.6 is 0 Å². The minimum Gasteiger partial charge on any atom is -0.300 e. The van der Waals surface area contributed by atoms with Crippen LogP contribution in [0.4, 0.5) is 0 Å². The number of nitrogens with zero attached hydrogens (tertiary/aromatic N) is 2. The lowest BCUT2D eigenvalue weighted by molar-refractivity contribution is -0.134. The van der Waals surface area contributed by atoms with Gasteiger partial charge >= 0.3 is 0 Å². The van der Waals surface area contributed by atoms with Crippen molar-refractivity contribution in [3.05, 3.63) is 0 Å². The molecule has 0 aromatic carbocycles. The number of amidine groups is 1. The zero-order valence-electron chi connectivity index (χ0n) is 9.11. The molecule has 0 unspecified atom stereocenters. The molecule has 0 radical (unpaired) electrons. The fraction of sp³-hybridized carbons (Fsp3) is 0.833. The van der Waals surface area contributed by atoms with E-state index in [4.69, 9.17) is 4.99 Å². The lowest BCUT2D eigenvalue weighted by Crippen LogP contribution is -2.51. The van der Waals surface area contributed by atoms with Gasteiger partial charge in [-0.25, -0.2) is 0 Å². The molecule has 3 rings (SSSR count). The summed E-state index contributed by atoms with van der Waals surface area (Å²) in [6, 6.07) is 0.329. The first-order chi connectivity index (χ1) is 7.36. The van der Waals surface area contributed by atoms with Crippen molar-refractivity contribution < 1.29 is 4.79 Å². The fourth-order valence-electron chi connectivity index (χ4n) is 3.13. The van der Waals surface area contributed by atoms with Gasteiger partial charge in [-0.3, -0.25) is 9.79 Å². The number of carbonyl (C=O) groups excluding carboxylic acids is 1. The number of amides is 1. The van der Waals surface area contributed by atoms with Gasteiger partial charge in [-0.05, 0) is 25.7 Å². The van der Waals surface area contributed by atoms with E-state index in [1.54, 1.807) is 0 Å². The summed E-state index contributed by atoms with van der Waals surface area (Å²) in [5, 5.41) is 0. The van der Waals surface area contributed by atoms with Crippen LogP contribution in [0.25, 0.3) is 0 Å². The Morgan fingerprint density at radius 2 is 2.00 bits per heavy atom. The van der Waals surface area contributed by atoms with Crippen molar-refractivity contribution in [2.45, 2.75) is 51.0 Å². The van der Waals surface area contributed by atoms with E-state index < -0.39 is 0 Å². The summed E-state index contributed by atoms with van der Waals surface area (Å²) in [7, 11) is 0. The highest BCUT2D eigenvalue weighted by Crippen LogP contribution is 2.33. The van der Waals surface area contributed by atoms with Crippen LogP contribution in [0, 0.1) is 5.92 Å². The first kappa shape index (κ1) is 9.37. The second-order valence-corrected chi connectivity index (χ2v) is 4.95. The zero-order chi connectivity index (χ0) is 10.3. The quantitative estimate of drug-likeness (QED) is 0.596. The molecule has 2 fully saturated rings. The molecule has 2 aliphatic heterocycles. The second-order valence-electron chi connectivity index (χ2n) is 4.95. The molecule has 3 aliphatic rings. The molecule has 0 spiro atoms. The number of rotatable bonds is 0. The summed E-state index contributed by atoms with van der Waals surface area (Å²) in [4.78, 5) is 19.0. The van der Waals surface area contributed by atoms with Crippen LogP contribution in [0.5, 0.6) is 0 Å². The smallest absolute Gasteiger partial charge is 0.233 e. The highest BCUT2D eigenvalue weighted by Gasteiger charge is 2.39. The van der Waals surface area contributed by atoms with Gasteiger partial charge in [0.15, 0.2) is 0 Å². The van der Waals surface area contributed by atoms with Gasteiger partial charge in [0.25, 0.3) is 0 Å². The lowest BCUT2D eigenvalue weighted by atomic mass is 9.82. The fourth-order valence-corrected chi connectivity index (χ4v) is 3.13. The third-order valence-electron chi connectivity index (χ3n) is 3.97. The van der Waals surface area contributed by atoms with E-state index in [0.29, 0.717) is 11.9 Å². The van der Waals surface area contributed by atoms with E-state index in [1.165, 1.54) is 19.3 Å². The van der Waals surface area contributed by atoms with Crippen molar-refractivity contribution >= 4 is 11.7 Å². The van der Waals surface area contributed by atoms with E-state index in [2.05, 4.69) is 0 Å². The van der Waals surface area contributed by atoms with Gasteiger partial charge in [0.05, 0.1) is 12.0 Å². The van der Waals surface area contributed by atoms with E-state index >= 15 is 0 Å². The van der Waals surface area contributed by atoms with Crippen LogP contribution < -0.4 is 0 Å². The van der Waals surface area contributed by atoms with Crippen molar-refractivity contribution in [1.82, 2.24) is 4.90 Å². The maximum absolute atomic E-state index is 12.2. The van der Waals surface area contributed by atoms with E-state index in [0.717, 1.165) is 38.1 Å². The van der Waals surface area contributed by atoms with Crippen molar-refractivity contribution in [2.75, 3.05) is 6.54 Å². The molecule has 82 valence electrons. The zero-order valence-corrected chi connectivity index (χ0v) is 9.11. The van der Waals surface area contributed by atoms with Gasteiger partial charge in [-0.1, -0.05) is 12.8 Å². The van der Waals surface area contributed by atoms with E-state index in [9.17, 15) is 4.79 Å². The molecular weight excluding hydrogens is 188 g/mol. The Labute approximate surface area is 90.6 Å². The first-order valence-electron chi connectivity index (χ1n) is 6.24. The van der Waals surface area contributed by atoms with Gasteiger partial charge in [0.1, 0.15) is 5.84 Å². The van der Waals surface area contributed by atoms with Gasteiger partial charge in [0.2, 0.25) is 5.91 Å². The highest BCUT2D eigenvalue weighted by molar-refractivity contribution is 6.01. The minimum absolute atomic E-state index is 0.223. The predicted octanol–water partition coefficient (Wildman–Crippen LogP) is 1.97. The first-order valence-corrected chi connectivity index (χ1v) is 6.24. The van der Waals surface area contributed by atoms with Gasteiger partial charge < -0.3 is 4.90 Å². The maximum atomic E-state index is 12.2. The molecule has 15 heavy (non-hydrogen) atoms. The maximum Gasteiger partial charge on any atom is 0.233 e. The van der Waals surface area contributed by atoms with Crippen LogP contribution in [0.1, 0.15) is 44.9 Å². The standard InChI is InChI=1S/C12H18N2O/c15-12-9-5-1-2-6-10(9)13-11-7-3-4-8-14(11)12/h9-10H,1-8H2/t9-,10-/m0/s1. The summed E-state index contributed by atoms with van der Waals surface area (Å²) >= 11 is 0.